The highest BCUT2D eigenvalue weighted by Crippen LogP contribution is 2.32. The maximum Gasteiger partial charge on any atom is 0.320 e. The average molecular weight is 308 g/mol. The summed E-state index contributed by atoms with van der Waals surface area (Å²) < 4.78 is 0. The van der Waals surface area contributed by atoms with Crippen LogP contribution >= 0.6 is 0 Å². The minimum absolute atomic E-state index is 0.201. The van der Waals surface area contributed by atoms with Crippen LogP contribution in [0.2, 0.25) is 0 Å². The van der Waals surface area contributed by atoms with Crippen LogP contribution in [-0.4, -0.2) is 90.4 Å². The summed E-state index contributed by atoms with van der Waals surface area (Å²) in [6, 6.07) is 0.660. The van der Waals surface area contributed by atoms with Gasteiger partial charge in [-0.2, -0.15) is 0 Å². The molecule has 124 valence electrons. The van der Waals surface area contributed by atoms with Gasteiger partial charge in [0.25, 0.3) is 0 Å². The lowest BCUT2D eigenvalue weighted by atomic mass is 9.96. The van der Waals surface area contributed by atoms with Gasteiger partial charge in [-0.05, 0) is 39.8 Å². The highest BCUT2D eigenvalue weighted by Gasteiger charge is 2.45. The standard InChI is InChI=1S/C16H28N4O2/c1-17(2)11-12-19-14-7-10-20(13(14)5-6-15(19)21)16(22)18-8-3-4-9-18/h13-14H,3-12H2,1-2H3/t13-,14-/m1/s1. The summed E-state index contributed by atoms with van der Waals surface area (Å²) in [6.45, 7) is 4.26. The maximum absolute atomic E-state index is 12.7. The Hall–Kier alpha value is -1.30. The van der Waals surface area contributed by atoms with E-state index >= 15 is 0 Å². The Balaban J connectivity index is 1.67. The van der Waals surface area contributed by atoms with E-state index in [1.807, 2.05) is 28.8 Å². The highest BCUT2D eigenvalue weighted by molar-refractivity contribution is 5.80. The molecule has 0 aromatic heterocycles. The smallest absolute Gasteiger partial charge is 0.320 e. The Morgan fingerprint density at radius 3 is 2.55 bits per heavy atom. The van der Waals surface area contributed by atoms with Crippen LogP contribution < -0.4 is 0 Å². The molecule has 6 nitrogen and oxygen atoms in total. The first-order valence-electron chi connectivity index (χ1n) is 8.57. The van der Waals surface area contributed by atoms with Gasteiger partial charge in [0.15, 0.2) is 0 Å². The van der Waals surface area contributed by atoms with Gasteiger partial charge in [0.1, 0.15) is 0 Å². The summed E-state index contributed by atoms with van der Waals surface area (Å²) in [4.78, 5) is 33.2. The second kappa shape index (κ2) is 6.44. The SMILES string of the molecule is CN(C)CCN1C(=O)CC[C@@H]2[C@H]1CCN2C(=O)N1CCCC1. The van der Waals surface area contributed by atoms with Crippen molar-refractivity contribution in [1.82, 2.24) is 19.6 Å². The number of carbonyl (C=O) groups excluding carboxylic acids is 2. The summed E-state index contributed by atoms with van der Waals surface area (Å²) in [7, 11) is 4.06. The monoisotopic (exact) mass is 308 g/mol. The number of hydrogen-bond donors (Lipinski definition) is 0. The molecule has 3 aliphatic rings. The first kappa shape index (κ1) is 15.6. The molecule has 0 unspecified atom stereocenters. The van der Waals surface area contributed by atoms with Crippen molar-refractivity contribution >= 4 is 11.9 Å². The van der Waals surface area contributed by atoms with Crippen molar-refractivity contribution < 1.29 is 9.59 Å². The number of rotatable bonds is 3. The van der Waals surface area contributed by atoms with Gasteiger partial charge in [-0.15, -0.1) is 0 Å². The predicted octanol–water partition coefficient (Wildman–Crippen LogP) is 0.829. The van der Waals surface area contributed by atoms with E-state index in [0.29, 0.717) is 6.42 Å². The number of urea groups is 1. The van der Waals surface area contributed by atoms with E-state index in [9.17, 15) is 9.59 Å². The van der Waals surface area contributed by atoms with Gasteiger partial charge in [-0.25, -0.2) is 4.79 Å². The summed E-state index contributed by atoms with van der Waals surface area (Å²) >= 11 is 0. The molecule has 22 heavy (non-hydrogen) atoms. The fourth-order valence-corrected chi connectivity index (χ4v) is 4.07. The number of likely N-dealkylation sites (tertiary alicyclic amines) is 3. The number of carbonyl (C=O) groups is 2. The highest BCUT2D eigenvalue weighted by atomic mass is 16.2. The molecule has 0 aliphatic carbocycles. The normalized spacial score (nSPS) is 28.7. The van der Waals surface area contributed by atoms with Crippen LogP contribution in [0.15, 0.2) is 0 Å². The van der Waals surface area contributed by atoms with E-state index in [0.717, 1.165) is 58.4 Å². The Bertz CT molecular complexity index is 434. The van der Waals surface area contributed by atoms with Crippen molar-refractivity contribution in [3.05, 3.63) is 0 Å². The third kappa shape index (κ3) is 2.93. The molecule has 3 saturated heterocycles. The first-order chi connectivity index (χ1) is 10.6. The molecule has 3 heterocycles. The molecule has 3 aliphatic heterocycles. The van der Waals surface area contributed by atoms with Crippen LogP contribution in [0, 0.1) is 0 Å². The van der Waals surface area contributed by atoms with Gasteiger partial charge in [-0.3, -0.25) is 4.79 Å². The molecule has 0 spiro atoms. The third-order valence-electron chi connectivity index (χ3n) is 5.30. The number of hydrogen-bond acceptors (Lipinski definition) is 3. The Labute approximate surface area is 133 Å². The molecule has 3 rings (SSSR count). The zero-order valence-electron chi connectivity index (χ0n) is 13.8. The number of piperidine rings is 1. The quantitative estimate of drug-likeness (QED) is 0.776. The van der Waals surface area contributed by atoms with Crippen molar-refractivity contribution in [2.24, 2.45) is 0 Å². The lowest BCUT2D eigenvalue weighted by molar-refractivity contribution is -0.137. The molecule has 0 saturated carbocycles. The van der Waals surface area contributed by atoms with Crippen LogP contribution in [-0.2, 0) is 4.79 Å². The zero-order valence-corrected chi connectivity index (χ0v) is 13.8. The fraction of sp³-hybridized carbons (Fsp3) is 0.875. The Morgan fingerprint density at radius 2 is 1.86 bits per heavy atom. The van der Waals surface area contributed by atoms with Crippen LogP contribution in [0.4, 0.5) is 4.79 Å². The van der Waals surface area contributed by atoms with Crippen molar-refractivity contribution in [3.8, 4) is 0 Å². The maximum atomic E-state index is 12.7. The summed E-state index contributed by atoms with van der Waals surface area (Å²) in [6.07, 6.45) is 4.60. The number of likely N-dealkylation sites (N-methyl/N-ethyl adjacent to an activating group) is 1. The summed E-state index contributed by atoms with van der Waals surface area (Å²) in [5.74, 6) is 0.263. The average Bonchev–Trinajstić information content (AvgIpc) is 3.14. The molecule has 2 atom stereocenters. The Morgan fingerprint density at radius 1 is 1.14 bits per heavy atom. The Kier molecular flexibility index (Phi) is 4.57. The first-order valence-corrected chi connectivity index (χ1v) is 8.57. The van der Waals surface area contributed by atoms with Gasteiger partial charge >= 0.3 is 6.03 Å². The van der Waals surface area contributed by atoms with E-state index in [1.54, 1.807) is 0 Å². The molecule has 0 aromatic carbocycles. The predicted molar refractivity (Wildman–Crippen MR) is 84.6 cm³/mol. The lowest BCUT2D eigenvalue weighted by Crippen LogP contribution is -2.55. The molecule has 0 radical (unpaired) electrons. The van der Waals surface area contributed by atoms with Gasteiger partial charge in [0, 0.05) is 39.1 Å². The minimum Gasteiger partial charge on any atom is -0.336 e. The second-order valence-corrected chi connectivity index (χ2v) is 7.02. The van der Waals surface area contributed by atoms with E-state index < -0.39 is 0 Å². The third-order valence-corrected chi connectivity index (χ3v) is 5.30. The lowest BCUT2D eigenvalue weighted by Gasteiger charge is -2.40. The summed E-state index contributed by atoms with van der Waals surface area (Å²) in [5, 5.41) is 0. The molecule has 0 N–H and O–H groups in total. The summed E-state index contributed by atoms with van der Waals surface area (Å²) in [5.41, 5.74) is 0. The van der Waals surface area contributed by atoms with E-state index in [-0.39, 0.29) is 24.0 Å². The van der Waals surface area contributed by atoms with Crippen molar-refractivity contribution in [2.75, 3.05) is 46.8 Å². The topological polar surface area (TPSA) is 47.1 Å². The van der Waals surface area contributed by atoms with E-state index in [1.165, 1.54) is 0 Å². The van der Waals surface area contributed by atoms with Crippen molar-refractivity contribution in [3.63, 3.8) is 0 Å². The second-order valence-electron chi connectivity index (χ2n) is 7.02. The van der Waals surface area contributed by atoms with Crippen molar-refractivity contribution in [2.45, 2.75) is 44.2 Å². The van der Waals surface area contributed by atoms with Crippen LogP contribution in [0.25, 0.3) is 0 Å². The molecule has 0 bridgehead atoms. The number of nitrogens with zero attached hydrogens (tertiary/aromatic N) is 4. The van der Waals surface area contributed by atoms with Gasteiger partial charge in [0.2, 0.25) is 5.91 Å². The molecule has 3 amide bonds. The van der Waals surface area contributed by atoms with Gasteiger partial charge in [-0.1, -0.05) is 0 Å². The molecule has 0 aromatic rings. The van der Waals surface area contributed by atoms with Crippen molar-refractivity contribution in [1.29, 1.82) is 0 Å². The molecule has 3 fully saturated rings. The largest absolute Gasteiger partial charge is 0.336 e. The fourth-order valence-electron chi connectivity index (χ4n) is 4.07. The van der Waals surface area contributed by atoms with E-state index in [4.69, 9.17) is 0 Å². The molecule has 6 heteroatoms. The minimum atomic E-state index is 0.201. The van der Waals surface area contributed by atoms with Gasteiger partial charge in [0.05, 0.1) is 12.1 Å². The molecular weight excluding hydrogens is 280 g/mol. The van der Waals surface area contributed by atoms with E-state index in [2.05, 4.69) is 4.90 Å². The number of amides is 3. The van der Waals surface area contributed by atoms with Crippen LogP contribution in [0.5, 0.6) is 0 Å². The zero-order chi connectivity index (χ0) is 15.7. The van der Waals surface area contributed by atoms with Crippen LogP contribution in [0.1, 0.15) is 32.1 Å². The van der Waals surface area contributed by atoms with Gasteiger partial charge < -0.3 is 19.6 Å². The number of fused-ring (bicyclic) bond motifs is 1. The van der Waals surface area contributed by atoms with Crippen LogP contribution in [0.3, 0.4) is 0 Å². The molecular formula is C16H28N4O2.